The number of carbonyl (C=O) groups is 1. The molecular formula is C14H14F3N3OS. The predicted molar refractivity (Wildman–Crippen MR) is 78.2 cm³/mol. The van der Waals surface area contributed by atoms with Crippen molar-refractivity contribution >= 4 is 17.2 Å². The first kappa shape index (κ1) is 16.4. The van der Waals surface area contributed by atoms with Crippen LogP contribution in [0.1, 0.15) is 5.69 Å². The number of hydrogen-bond donors (Lipinski definition) is 2. The van der Waals surface area contributed by atoms with E-state index in [1.807, 2.05) is 0 Å². The summed E-state index contributed by atoms with van der Waals surface area (Å²) < 4.78 is 39.0. The van der Waals surface area contributed by atoms with Crippen molar-refractivity contribution < 1.29 is 18.0 Å². The highest BCUT2D eigenvalue weighted by atomic mass is 32.1. The zero-order chi connectivity index (χ0) is 16.2. The van der Waals surface area contributed by atoms with Crippen LogP contribution in [0.4, 0.5) is 13.2 Å². The van der Waals surface area contributed by atoms with Crippen LogP contribution in [0.2, 0.25) is 0 Å². The SMILES string of the molecule is NCC(F)(F)CNC(=O)Cc1csc(-c2cccc(F)c2)n1. The van der Waals surface area contributed by atoms with Crippen LogP contribution in [-0.4, -0.2) is 29.9 Å². The molecule has 1 aromatic carbocycles. The summed E-state index contributed by atoms with van der Waals surface area (Å²) in [5, 5.41) is 4.32. The molecule has 22 heavy (non-hydrogen) atoms. The lowest BCUT2D eigenvalue weighted by molar-refractivity contribution is -0.122. The third kappa shape index (κ3) is 4.54. The van der Waals surface area contributed by atoms with Crippen molar-refractivity contribution in [3.63, 3.8) is 0 Å². The highest BCUT2D eigenvalue weighted by molar-refractivity contribution is 7.13. The van der Waals surface area contributed by atoms with E-state index in [0.29, 0.717) is 16.3 Å². The summed E-state index contributed by atoms with van der Waals surface area (Å²) >= 11 is 1.26. The van der Waals surface area contributed by atoms with Gasteiger partial charge in [-0.25, -0.2) is 18.2 Å². The van der Waals surface area contributed by atoms with Crippen molar-refractivity contribution in [1.29, 1.82) is 0 Å². The maximum atomic E-state index is 13.1. The minimum atomic E-state index is -3.12. The Balaban J connectivity index is 1.96. The number of nitrogens with two attached hydrogens (primary N) is 1. The zero-order valence-electron chi connectivity index (χ0n) is 11.5. The van der Waals surface area contributed by atoms with Gasteiger partial charge in [-0.1, -0.05) is 12.1 Å². The van der Waals surface area contributed by atoms with Crippen molar-refractivity contribution in [1.82, 2.24) is 10.3 Å². The number of amides is 1. The fourth-order valence-corrected chi connectivity index (χ4v) is 2.49. The van der Waals surface area contributed by atoms with Gasteiger partial charge in [0, 0.05) is 10.9 Å². The van der Waals surface area contributed by atoms with Gasteiger partial charge in [0.25, 0.3) is 5.92 Å². The smallest absolute Gasteiger partial charge is 0.277 e. The molecule has 1 aromatic heterocycles. The number of nitrogens with one attached hydrogen (secondary N) is 1. The molecule has 0 fully saturated rings. The molecule has 0 saturated heterocycles. The number of benzene rings is 1. The summed E-state index contributed by atoms with van der Waals surface area (Å²) in [4.78, 5) is 15.8. The first-order valence-electron chi connectivity index (χ1n) is 6.44. The highest BCUT2D eigenvalue weighted by Crippen LogP contribution is 2.24. The molecule has 3 N–H and O–H groups in total. The molecular weight excluding hydrogens is 315 g/mol. The summed E-state index contributed by atoms with van der Waals surface area (Å²) in [5.74, 6) is -4.06. The van der Waals surface area contributed by atoms with Crippen LogP contribution in [0.5, 0.6) is 0 Å². The van der Waals surface area contributed by atoms with Gasteiger partial charge in [-0.15, -0.1) is 11.3 Å². The number of rotatable bonds is 6. The summed E-state index contributed by atoms with van der Waals surface area (Å²) in [6.45, 7) is -1.63. The Labute approximate surface area is 129 Å². The van der Waals surface area contributed by atoms with E-state index in [9.17, 15) is 18.0 Å². The van der Waals surface area contributed by atoms with Crippen LogP contribution in [0.25, 0.3) is 10.6 Å². The highest BCUT2D eigenvalue weighted by Gasteiger charge is 2.27. The standard InChI is InChI=1S/C14H14F3N3OS/c15-10-3-1-2-9(4-10)13-20-11(6-22-13)5-12(21)19-8-14(16,17)7-18/h1-4,6H,5,7-8,18H2,(H,19,21). The Morgan fingerprint density at radius 1 is 1.41 bits per heavy atom. The average molecular weight is 329 g/mol. The van der Waals surface area contributed by atoms with Crippen LogP contribution in [0.3, 0.4) is 0 Å². The van der Waals surface area contributed by atoms with E-state index in [2.05, 4.69) is 10.3 Å². The summed E-state index contributed by atoms with van der Waals surface area (Å²) in [6.07, 6.45) is -0.119. The molecule has 0 bridgehead atoms. The molecule has 0 atom stereocenters. The molecule has 0 saturated carbocycles. The number of nitrogens with zero attached hydrogens (tertiary/aromatic N) is 1. The largest absolute Gasteiger partial charge is 0.350 e. The third-order valence-corrected chi connectivity index (χ3v) is 3.75. The van der Waals surface area contributed by atoms with E-state index in [0.717, 1.165) is 0 Å². The number of halogens is 3. The maximum Gasteiger partial charge on any atom is 0.277 e. The molecule has 2 rings (SSSR count). The molecule has 0 spiro atoms. The Bertz CT molecular complexity index is 660. The lowest BCUT2D eigenvalue weighted by Crippen LogP contribution is -2.42. The van der Waals surface area contributed by atoms with E-state index < -0.39 is 24.9 Å². The van der Waals surface area contributed by atoms with Crippen molar-refractivity contribution in [2.45, 2.75) is 12.3 Å². The zero-order valence-corrected chi connectivity index (χ0v) is 12.3. The molecule has 0 aliphatic carbocycles. The van der Waals surface area contributed by atoms with Gasteiger partial charge < -0.3 is 11.1 Å². The van der Waals surface area contributed by atoms with Gasteiger partial charge in [-0.3, -0.25) is 4.79 Å². The molecule has 1 amide bonds. The number of alkyl halides is 2. The predicted octanol–water partition coefficient (Wildman–Crippen LogP) is 2.20. The second-order valence-electron chi connectivity index (χ2n) is 4.67. The van der Waals surface area contributed by atoms with Crippen LogP contribution in [0, 0.1) is 5.82 Å². The minimum Gasteiger partial charge on any atom is -0.350 e. The fourth-order valence-electron chi connectivity index (χ4n) is 1.67. The van der Waals surface area contributed by atoms with Gasteiger partial charge in [0.05, 0.1) is 25.2 Å². The van der Waals surface area contributed by atoms with Gasteiger partial charge in [0.15, 0.2) is 0 Å². The van der Waals surface area contributed by atoms with Crippen LogP contribution < -0.4 is 11.1 Å². The minimum absolute atomic E-state index is 0.119. The van der Waals surface area contributed by atoms with E-state index in [1.165, 1.54) is 23.5 Å². The molecule has 0 aliphatic rings. The second-order valence-corrected chi connectivity index (χ2v) is 5.53. The third-order valence-electron chi connectivity index (χ3n) is 2.81. The molecule has 118 valence electrons. The number of aromatic nitrogens is 1. The normalized spacial score (nSPS) is 11.5. The van der Waals surface area contributed by atoms with E-state index in [-0.39, 0.29) is 12.2 Å². The fraction of sp³-hybridized carbons (Fsp3) is 0.286. The van der Waals surface area contributed by atoms with Crippen LogP contribution >= 0.6 is 11.3 Å². The lowest BCUT2D eigenvalue weighted by Gasteiger charge is -2.14. The van der Waals surface area contributed by atoms with Gasteiger partial charge >= 0.3 is 0 Å². The Kier molecular flexibility index (Phi) is 5.15. The van der Waals surface area contributed by atoms with Crippen molar-refractivity contribution in [2.75, 3.05) is 13.1 Å². The van der Waals surface area contributed by atoms with Crippen LogP contribution in [0.15, 0.2) is 29.6 Å². The molecule has 8 heteroatoms. The lowest BCUT2D eigenvalue weighted by atomic mass is 10.2. The molecule has 2 aromatic rings. The number of hydrogen-bond acceptors (Lipinski definition) is 4. The van der Waals surface area contributed by atoms with E-state index in [1.54, 1.807) is 17.5 Å². The summed E-state index contributed by atoms with van der Waals surface area (Å²) in [6, 6.07) is 5.93. The summed E-state index contributed by atoms with van der Waals surface area (Å²) in [5.41, 5.74) is 5.93. The van der Waals surface area contributed by atoms with Crippen molar-refractivity contribution in [3.8, 4) is 10.6 Å². The van der Waals surface area contributed by atoms with Gasteiger partial charge in [0.2, 0.25) is 5.91 Å². The van der Waals surface area contributed by atoms with Crippen molar-refractivity contribution in [2.24, 2.45) is 5.73 Å². The number of thiazole rings is 1. The topological polar surface area (TPSA) is 68.0 Å². The van der Waals surface area contributed by atoms with Gasteiger partial charge in [-0.2, -0.15) is 0 Å². The quantitative estimate of drug-likeness (QED) is 0.854. The van der Waals surface area contributed by atoms with E-state index >= 15 is 0 Å². The first-order valence-corrected chi connectivity index (χ1v) is 7.32. The molecule has 1 heterocycles. The maximum absolute atomic E-state index is 13.1. The monoisotopic (exact) mass is 329 g/mol. The summed E-state index contributed by atoms with van der Waals surface area (Å²) in [7, 11) is 0. The van der Waals surface area contributed by atoms with Gasteiger partial charge in [-0.05, 0) is 12.1 Å². The Hall–Kier alpha value is -1.93. The molecule has 4 nitrogen and oxygen atoms in total. The molecule has 0 aliphatic heterocycles. The first-order chi connectivity index (χ1) is 10.4. The molecule has 0 unspecified atom stereocenters. The van der Waals surface area contributed by atoms with Crippen LogP contribution in [-0.2, 0) is 11.2 Å². The second kappa shape index (κ2) is 6.89. The molecule has 0 radical (unpaired) electrons. The number of carbonyl (C=O) groups excluding carboxylic acids is 1. The van der Waals surface area contributed by atoms with Crippen molar-refractivity contribution in [3.05, 3.63) is 41.2 Å². The Morgan fingerprint density at radius 3 is 2.86 bits per heavy atom. The average Bonchev–Trinajstić information content (AvgIpc) is 2.94. The Morgan fingerprint density at radius 2 is 2.18 bits per heavy atom. The van der Waals surface area contributed by atoms with E-state index in [4.69, 9.17) is 5.73 Å². The van der Waals surface area contributed by atoms with Gasteiger partial charge in [0.1, 0.15) is 10.8 Å².